The van der Waals surface area contributed by atoms with Crippen molar-refractivity contribution in [3.8, 4) is 0 Å². The number of carbonyl (C=O) groups is 2. The molecule has 2 aliphatic rings. The van der Waals surface area contributed by atoms with Gasteiger partial charge in [0.25, 0.3) is 0 Å². The Morgan fingerprint density at radius 2 is 1.73 bits per heavy atom. The third-order valence-electron chi connectivity index (χ3n) is 5.42. The van der Waals surface area contributed by atoms with Crippen LogP contribution in [0, 0.1) is 0 Å². The summed E-state index contributed by atoms with van der Waals surface area (Å²) in [5, 5.41) is 0. The summed E-state index contributed by atoms with van der Waals surface area (Å²) in [4.78, 5) is 29.9. The summed E-state index contributed by atoms with van der Waals surface area (Å²) in [6.07, 6.45) is 1.31. The monoisotopic (exact) mass is 349 g/mol. The van der Waals surface area contributed by atoms with Gasteiger partial charge in [-0.1, -0.05) is 42.5 Å². The lowest BCUT2D eigenvalue weighted by Crippen LogP contribution is -2.31. The largest absolute Gasteiger partial charge is 0.325 e. The Labute approximate surface area is 153 Å². The van der Waals surface area contributed by atoms with E-state index in [-0.39, 0.29) is 18.0 Å². The van der Waals surface area contributed by atoms with Gasteiger partial charge in [0.05, 0.1) is 6.54 Å². The van der Waals surface area contributed by atoms with Gasteiger partial charge in [-0.2, -0.15) is 0 Å². The van der Waals surface area contributed by atoms with Gasteiger partial charge in [0, 0.05) is 32.7 Å². The molecule has 1 fully saturated rings. The fourth-order valence-corrected chi connectivity index (χ4v) is 4.00. The van der Waals surface area contributed by atoms with Crippen LogP contribution < -0.4 is 4.90 Å². The number of rotatable bonds is 3. The highest BCUT2D eigenvalue weighted by Crippen LogP contribution is 2.32. The lowest BCUT2D eigenvalue weighted by atomic mass is 9.99. The Bertz CT molecular complexity index is 850. The summed E-state index contributed by atoms with van der Waals surface area (Å²) in [5.74, 6) is 0.309. The first-order valence-electron chi connectivity index (χ1n) is 8.97. The SMILES string of the molecule is CN1C(=O)CCc2cc(CN3CC(=O)N(C)C3c3ccccc3)ccc21. The highest BCUT2D eigenvalue weighted by atomic mass is 16.2. The second kappa shape index (κ2) is 6.57. The van der Waals surface area contributed by atoms with E-state index in [1.165, 1.54) is 11.1 Å². The quantitative estimate of drug-likeness (QED) is 0.855. The van der Waals surface area contributed by atoms with Crippen molar-refractivity contribution >= 4 is 17.5 Å². The fourth-order valence-electron chi connectivity index (χ4n) is 4.00. The van der Waals surface area contributed by atoms with E-state index in [9.17, 15) is 9.59 Å². The van der Waals surface area contributed by atoms with Crippen molar-refractivity contribution in [1.82, 2.24) is 9.80 Å². The molecule has 0 radical (unpaired) electrons. The molecule has 2 amide bonds. The summed E-state index contributed by atoms with van der Waals surface area (Å²) >= 11 is 0. The van der Waals surface area contributed by atoms with E-state index in [4.69, 9.17) is 0 Å². The molecular formula is C21H23N3O2. The van der Waals surface area contributed by atoms with Gasteiger partial charge in [-0.15, -0.1) is 0 Å². The number of benzene rings is 2. The Kier molecular flexibility index (Phi) is 4.24. The number of anilines is 1. The molecule has 2 aromatic carbocycles. The molecule has 1 saturated heterocycles. The second-order valence-corrected chi connectivity index (χ2v) is 7.11. The van der Waals surface area contributed by atoms with Crippen LogP contribution in [0.2, 0.25) is 0 Å². The molecule has 2 aromatic rings. The number of carbonyl (C=O) groups excluding carboxylic acids is 2. The van der Waals surface area contributed by atoms with Gasteiger partial charge in [-0.05, 0) is 29.2 Å². The first kappa shape index (κ1) is 16.8. The zero-order valence-electron chi connectivity index (χ0n) is 15.2. The van der Waals surface area contributed by atoms with E-state index in [2.05, 4.69) is 29.2 Å². The number of aryl methyl sites for hydroxylation is 1. The minimum absolute atomic E-state index is 0.0380. The van der Waals surface area contributed by atoms with Crippen LogP contribution in [-0.4, -0.2) is 42.3 Å². The summed E-state index contributed by atoms with van der Waals surface area (Å²) < 4.78 is 0. The highest BCUT2D eigenvalue weighted by Gasteiger charge is 2.36. The standard InChI is InChI=1S/C21H23N3O2/c1-22-18-10-8-15(12-17(18)9-11-19(22)25)13-24-14-20(26)23(2)21(24)16-6-4-3-5-7-16/h3-8,10,12,21H,9,11,13-14H2,1-2H3. The molecule has 1 atom stereocenters. The molecule has 0 aliphatic carbocycles. The van der Waals surface area contributed by atoms with E-state index >= 15 is 0 Å². The van der Waals surface area contributed by atoms with E-state index in [0.717, 1.165) is 17.7 Å². The summed E-state index contributed by atoms with van der Waals surface area (Å²) in [5.41, 5.74) is 4.51. The molecule has 1 unspecified atom stereocenters. The van der Waals surface area contributed by atoms with E-state index in [1.807, 2.05) is 43.3 Å². The van der Waals surface area contributed by atoms with Gasteiger partial charge < -0.3 is 9.80 Å². The molecule has 0 aromatic heterocycles. The predicted molar refractivity (Wildman–Crippen MR) is 101 cm³/mol. The van der Waals surface area contributed by atoms with Gasteiger partial charge in [0.2, 0.25) is 11.8 Å². The normalized spacial score (nSPS) is 20.6. The van der Waals surface area contributed by atoms with Gasteiger partial charge in [-0.25, -0.2) is 0 Å². The van der Waals surface area contributed by atoms with Crippen LogP contribution in [0.3, 0.4) is 0 Å². The number of nitrogens with zero attached hydrogens (tertiary/aromatic N) is 3. The molecular weight excluding hydrogens is 326 g/mol. The highest BCUT2D eigenvalue weighted by molar-refractivity contribution is 5.95. The maximum Gasteiger partial charge on any atom is 0.238 e. The van der Waals surface area contributed by atoms with Crippen LogP contribution in [0.5, 0.6) is 0 Å². The van der Waals surface area contributed by atoms with E-state index in [0.29, 0.717) is 19.5 Å². The molecule has 4 rings (SSSR count). The maximum atomic E-state index is 12.3. The minimum Gasteiger partial charge on any atom is -0.325 e. The van der Waals surface area contributed by atoms with E-state index < -0.39 is 0 Å². The molecule has 0 N–H and O–H groups in total. The topological polar surface area (TPSA) is 43.9 Å². The van der Waals surface area contributed by atoms with Crippen molar-refractivity contribution in [2.24, 2.45) is 0 Å². The minimum atomic E-state index is -0.0380. The molecule has 2 heterocycles. The first-order chi connectivity index (χ1) is 12.5. The van der Waals surface area contributed by atoms with Gasteiger partial charge in [0.1, 0.15) is 6.17 Å². The second-order valence-electron chi connectivity index (χ2n) is 7.11. The van der Waals surface area contributed by atoms with Gasteiger partial charge >= 0.3 is 0 Å². The number of amides is 2. The Hall–Kier alpha value is -2.66. The van der Waals surface area contributed by atoms with Crippen LogP contribution in [0.4, 0.5) is 5.69 Å². The third kappa shape index (κ3) is 2.88. The summed E-state index contributed by atoms with van der Waals surface area (Å²) in [6.45, 7) is 1.13. The van der Waals surface area contributed by atoms with Crippen LogP contribution in [0.15, 0.2) is 48.5 Å². The van der Waals surface area contributed by atoms with Crippen LogP contribution in [0.1, 0.15) is 29.3 Å². The van der Waals surface area contributed by atoms with Crippen molar-refractivity contribution in [2.45, 2.75) is 25.6 Å². The van der Waals surface area contributed by atoms with Crippen molar-refractivity contribution in [3.05, 3.63) is 65.2 Å². The lowest BCUT2D eigenvalue weighted by Gasteiger charge is -2.29. The fraction of sp³-hybridized carbons (Fsp3) is 0.333. The lowest BCUT2D eigenvalue weighted by molar-refractivity contribution is -0.126. The molecule has 0 spiro atoms. The number of hydrogen-bond donors (Lipinski definition) is 0. The van der Waals surface area contributed by atoms with Crippen LogP contribution in [0.25, 0.3) is 0 Å². The van der Waals surface area contributed by atoms with Gasteiger partial charge in [0.15, 0.2) is 0 Å². The van der Waals surface area contributed by atoms with Crippen molar-refractivity contribution in [1.29, 1.82) is 0 Å². The predicted octanol–water partition coefficient (Wildman–Crippen LogP) is 2.57. The zero-order valence-corrected chi connectivity index (χ0v) is 15.2. The Morgan fingerprint density at radius 1 is 0.962 bits per heavy atom. The van der Waals surface area contributed by atoms with Crippen LogP contribution in [-0.2, 0) is 22.6 Å². The molecule has 26 heavy (non-hydrogen) atoms. The third-order valence-corrected chi connectivity index (χ3v) is 5.42. The Balaban J connectivity index is 1.60. The van der Waals surface area contributed by atoms with Gasteiger partial charge in [-0.3, -0.25) is 14.5 Å². The molecule has 0 bridgehead atoms. The molecule has 0 saturated carbocycles. The van der Waals surface area contributed by atoms with Crippen molar-refractivity contribution in [3.63, 3.8) is 0 Å². The molecule has 5 nitrogen and oxygen atoms in total. The average Bonchev–Trinajstić information content (AvgIpc) is 2.93. The van der Waals surface area contributed by atoms with E-state index in [1.54, 1.807) is 4.90 Å². The molecule has 2 aliphatic heterocycles. The summed E-state index contributed by atoms with van der Waals surface area (Å²) in [7, 11) is 3.70. The number of likely N-dealkylation sites (N-methyl/N-ethyl adjacent to an activating group) is 1. The van der Waals surface area contributed by atoms with Crippen molar-refractivity contribution < 1.29 is 9.59 Å². The first-order valence-corrected chi connectivity index (χ1v) is 8.97. The molecule has 5 heteroatoms. The zero-order chi connectivity index (χ0) is 18.3. The van der Waals surface area contributed by atoms with Crippen molar-refractivity contribution in [2.75, 3.05) is 25.5 Å². The van der Waals surface area contributed by atoms with Crippen LogP contribution >= 0.6 is 0 Å². The smallest absolute Gasteiger partial charge is 0.238 e. The number of hydrogen-bond acceptors (Lipinski definition) is 3. The summed E-state index contributed by atoms with van der Waals surface area (Å²) in [6, 6.07) is 16.4. The molecule has 134 valence electrons. The average molecular weight is 349 g/mol. The number of fused-ring (bicyclic) bond motifs is 1. The Morgan fingerprint density at radius 3 is 2.50 bits per heavy atom. The maximum absolute atomic E-state index is 12.3.